The van der Waals surface area contributed by atoms with Crippen molar-refractivity contribution in [1.82, 2.24) is 4.90 Å². The molecule has 1 N–H and O–H groups in total. The topological polar surface area (TPSA) is 32.3 Å². The third kappa shape index (κ3) is 2.47. The summed E-state index contributed by atoms with van der Waals surface area (Å²) in [5.74, 6) is -0.440. The molecule has 1 aromatic rings. The van der Waals surface area contributed by atoms with E-state index < -0.39 is 0 Å². The van der Waals surface area contributed by atoms with Gasteiger partial charge >= 0.3 is 0 Å². The van der Waals surface area contributed by atoms with Gasteiger partial charge in [0.05, 0.1) is 11.3 Å². The van der Waals surface area contributed by atoms with Crippen molar-refractivity contribution >= 4 is 11.6 Å². The van der Waals surface area contributed by atoms with Crippen LogP contribution in [0.1, 0.15) is 37.0 Å². The van der Waals surface area contributed by atoms with Gasteiger partial charge in [-0.05, 0) is 38.8 Å². The Balaban J connectivity index is 2.31. The molecule has 18 heavy (non-hydrogen) atoms. The maximum absolute atomic E-state index is 13.7. The molecule has 3 nitrogen and oxygen atoms in total. The van der Waals surface area contributed by atoms with Crippen LogP contribution in [-0.4, -0.2) is 29.9 Å². The average Bonchev–Trinajstić information content (AvgIpc) is 3.17. The summed E-state index contributed by atoms with van der Waals surface area (Å²) in [4.78, 5) is 14.3. The highest BCUT2D eigenvalue weighted by Gasteiger charge is 2.32. The molecular weight excluding hydrogens is 231 g/mol. The van der Waals surface area contributed by atoms with E-state index in [1.165, 1.54) is 6.07 Å². The molecule has 98 valence electrons. The minimum atomic E-state index is -0.366. The second-order valence-electron chi connectivity index (χ2n) is 4.52. The fourth-order valence-corrected chi connectivity index (χ4v) is 2.17. The lowest BCUT2D eigenvalue weighted by Gasteiger charge is -2.22. The zero-order chi connectivity index (χ0) is 13.1. The van der Waals surface area contributed by atoms with Crippen LogP contribution >= 0.6 is 0 Å². The van der Waals surface area contributed by atoms with Gasteiger partial charge in [-0.1, -0.05) is 6.07 Å². The normalized spacial score (nSPS) is 14.4. The first-order valence-electron chi connectivity index (χ1n) is 6.52. The van der Waals surface area contributed by atoms with E-state index >= 15 is 0 Å². The fourth-order valence-electron chi connectivity index (χ4n) is 2.17. The molecule has 0 aromatic heterocycles. The van der Waals surface area contributed by atoms with Crippen LogP contribution in [0, 0.1) is 5.82 Å². The minimum absolute atomic E-state index is 0.0737. The molecule has 1 aliphatic rings. The van der Waals surface area contributed by atoms with Crippen LogP contribution in [-0.2, 0) is 0 Å². The number of hydrogen-bond donors (Lipinski definition) is 1. The molecule has 1 aromatic carbocycles. The lowest BCUT2D eigenvalue weighted by molar-refractivity contribution is 0.0753. The number of hydrogen-bond acceptors (Lipinski definition) is 2. The second kappa shape index (κ2) is 5.38. The molecule has 1 aliphatic carbocycles. The van der Waals surface area contributed by atoms with Crippen LogP contribution in [0.3, 0.4) is 0 Å². The Labute approximate surface area is 107 Å². The van der Waals surface area contributed by atoms with Crippen LogP contribution in [0.25, 0.3) is 0 Å². The zero-order valence-electron chi connectivity index (χ0n) is 10.9. The molecule has 1 amide bonds. The van der Waals surface area contributed by atoms with Gasteiger partial charge in [-0.2, -0.15) is 0 Å². The summed E-state index contributed by atoms with van der Waals surface area (Å²) in [7, 11) is 0. The van der Waals surface area contributed by atoms with E-state index in [0.29, 0.717) is 30.4 Å². The molecule has 0 unspecified atom stereocenters. The lowest BCUT2D eigenvalue weighted by Crippen LogP contribution is -2.33. The predicted molar refractivity (Wildman–Crippen MR) is 70.3 cm³/mol. The number of benzene rings is 1. The Bertz CT molecular complexity index is 443. The van der Waals surface area contributed by atoms with Crippen molar-refractivity contribution in [2.24, 2.45) is 0 Å². The van der Waals surface area contributed by atoms with Crippen LogP contribution in [0.2, 0.25) is 0 Å². The Morgan fingerprint density at radius 3 is 2.72 bits per heavy atom. The molecule has 0 bridgehead atoms. The monoisotopic (exact) mass is 250 g/mol. The standard InChI is InChI=1S/C14H19FN2O/c1-3-16-13-11(6-5-7-12(13)15)14(18)17(4-2)10-8-9-10/h5-7,10,16H,3-4,8-9H2,1-2H3. The SMILES string of the molecule is CCNc1c(F)cccc1C(=O)N(CC)C1CC1. The smallest absolute Gasteiger partial charge is 0.256 e. The summed E-state index contributed by atoms with van der Waals surface area (Å²) in [6.07, 6.45) is 2.12. The maximum atomic E-state index is 13.7. The van der Waals surface area contributed by atoms with Gasteiger partial charge in [0.1, 0.15) is 5.82 Å². The van der Waals surface area contributed by atoms with Gasteiger partial charge in [-0.15, -0.1) is 0 Å². The van der Waals surface area contributed by atoms with E-state index in [0.717, 1.165) is 12.8 Å². The van der Waals surface area contributed by atoms with Crippen molar-refractivity contribution in [1.29, 1.82) is 0 Å². The number of carbonyl (C=O) groups excluding carboxylic acids is 1. The number of anilines is 1. The number of halogens is 1. The second-order valence-corrected chi connectivity index (χ2v) is 4.52. The first kappa shape index (κ1) is 12.9. The van der Waals surface area contributed by atoms with Crippen molar-refractivity contribution in [3.05, 3.63) is 29.6 Å². The fraction of sp³-hybridized carbons (Fsp3) is 0.500. The molecular formula is C14H19FN2O. The number of nitrogens with one attached hydrogen (secondary N) is 1. The number of para-hydroxylation sites is 1. The van der Waals surface area contributed by atoms with Crippen LogP contribution < -0.4 is 5.32 Å². The number of nitrogens with zero attached hydrogens (tertiary/aromatic N) is 1. The van der Waals surface area contributed by atoms with E-state index in [4.69, 9.17) is 0 Å². The first-order valence-corrected chi connectivity index (χ1v) is 6.52. The summed E-state index contributed by atoms with van der Waals surface area (Å²) < 4.78 is 13.7. The van der Waals surface area contributed by atoms with Crippen LogP contribution in [0.4, 0.5) is 10.1 Å². The third-order valence-corrected chi connectivity index (χ3v) is 3.19. The highest BCUT2D eigenvalue weighted by molar-refractivity contribution is 6.00. The lowest BCUT2D eigenvalue weighted by atomic mass is 10.1. The number of amides is 1. The minimum Gasteiger partial charge on any atom is -0.382 e. The molecule has 0 saturated heterocycles. The molecule has 0 heterocycles. The summed E-state index contributed by atoms with van der Waals surface area (Å²) in [6.45, 7) is 5.12. The molecule has 1 saturated carbocycles. The Morgan fingerprint density at radius 1 is 1.44 bits per heavy atom. The Morgan fingerprint density at radius 2 is 2.17 bits per heavy atom. The van der Waals surface area contributed by atoms with E-state index in [-0.39, 0.29) is 11.7 Å². The molecule has 0 atom stereocenters. The summed E-state index contributed by atoms with van der Waals surface area (Å²) in [5, 5.41) is 2.94. The number of carbonyl (C=O) groups is 1. The van der Waals surface area contributed by atoms with E-state index in [9.17, 15) is 9.18 Å². The first-order chi connectivity index (χ1) is 8.69. The van der Waals surface area contributed by atoms with E-state index in [2.05, 4.69) is 5.32 Å². The van der Waals surface area contributed by atoms with Crippen LogP contribution in [0.15, 0.2) is 18.2 Å². The molecule has 2 rings (SSSR count). The van der Waals surface area contributed by atoms with Gasteiger partial charge in [0, 0.05) is 19.1 Å². The highest BCUT2D eigenvalue weighted by Crippen LogP contribution is 2.30. The third-order valence-electron chi connectivity index (χ3n) is 3.19. The summed E-state index contributed by atoms with van der Waals surface area (Å²) in [6, 6.07) is 5.00. The van der Waals surface area contributed by atoms with Gasteiger partial charge < -0.3 is 10.2 Å². The van der Waals surface area contributed by atoms with Gasteiger partial charge in [0.15, 0.2) is 0 Å². The van der Waals surface area contributed by atoms with E-state index in [1.807, 2.05) is 18.7 Å². The highest BCUT2D eigenvalue weighted by atomic mass is 19.1. The summed E-state index contributed by atoms with van der Waals surface area (Å²) in [5.41, 5.74) is 0.759. The van der Waals surface area contributed by atoms with Gasteiger partial charge in [0.25, 0.3) is 5.91 Å². The van der Waals surface area contributed by atoms with Gasteiger partial charge in [-0.25, -0.2) is 4.39 Å². The van der Waals surface area contributed by atoms with Crippen LogP contribution in [0.5, 0.6) is 0 Å². The van der Waals surface area contributed by atoms with Crippen molar-refractivity contribution in [2.75, 3.05) is 18.4 Å². The molecule has 4 heteroatoms. The molecule has 0 aliphatic heterocycles. The van der Waals surface area contributed by atoms with Crippen molar-refractivity contribution < 1.29 is 9.18 Å². The Kier molecular flexibility index (Phi) is 3.84. The molecule has 0 spiro atoms. The van der Waals surface area contributed by atoms with Gasteiger partial charge in [0.2, 0.25) is 0 Å². The van der Waals surface area contributed by atoms with Crippen molar-refractivity contribution in [2.45, 2.75) is 32.7 Å². The quantitative estimate of drug-likeness (QED) is 0.871. The summed E-state index contributed by atoms with van der Waals surface area (Å²) >= 11 is 0. The molecule has 1 fully saturated rings. The predicted octanol–water partition coefficient (Wildman–Crippen LogP) is 2.88. The van der Waals surface area contributed by atoms with Crippen molar-refractivity contribution in [3.8, 4) is 0 Å². The Hall–Kier alpha value is -1.58. The maximum Gasteiger partial charge on any atom is 0.256 e. The van der Waals surface area contributed by atoms with E-state index in [1.54, 1.807) is 12.1 Å². The van der Waals surface area contributed by atoms with Gasteiger partial charge in [-0.3, -0.25) is 4.79 Å². The molecule has 0 radical (unpaired) electrons. The number of rotatable bonds is 5. The largest absolute Gasteiger partial charge is 0.382 e. The average molecular weight is 250 g/mol. The zero-order valence-corrected chi connectivity index (χ0v) is 10.9. The van der Waals surface area contributed by atoms with Crippen molar-refractivity contribution in [3.63, 3.8) is 0 Å².